The fourth-order valence-corrected chi connectivity index (χ4v) is 2.35. The Balaban J connectivity index is 2.09. The SMILES string of the molecule is COc1cc(/C=C/C(=O)Nc2cc(Cl)cnc2Br)ccc1OCC#N. The number of hydrogen-bond acceptors (Lipinski definition) is 5. The maximum atomic E-state index is 12.0. The summed E-state index contributed by atoms with van der Waals surface area (Å²) in [6.45, 7) is -0.0729. The molecule has 2 rings (SSSR count). The van der Waals surface area contributed by atoms with Crippen molar-refractivity contribution in [3.05, 3.63) is 51.7 Å². The highest BCUT2D eigenvalue weighted by atomic mass is 79.9. The smallest absolute Gasteiger partial charge is 0.248 e. The standard InChI is InChI=1S/C17H13BrClN3O3/c1-24-15-8-11(2-4-14(15)25-7-6-20)3-5-16(23)22-13-9-12(19)10-21-17(13)18/h2-5,8-10H,7H2,1H3,(H,22,23)/b5-3+. The molecule has 0 atom stereocenters. The predicted molar refractivity (Wildman–Crippen MR) is 98.7 cm³/mol. The number of nitriles is 1. The molecule has 0 spiro atoms. The normalized spacial score (nSPS) is 10.3. The molecule has 1 heterocycles. The van der Waals surface area contributed by atoms with Gasteiger partial charge in [-0.2, -0.15) is 5.26 Å². The highest BCUT2D eigenvalue weighted by molar-refractivity contribution is 9.10. The maximum absolute atomic E-state index is 12.0. The van der Waals surface area contributed by atoms with Crippen LogP contribution in [-0.2, 0) is 4.79 Å². The van der Waals surface area contributed by atoms with E-state index >= 15 is 0 Å². The molecule has 2 aromatic rings. The Hall–Kier alpha value is -2.56. The first-order valence-electron chi connectivity index (χ1n) is 7.01. The highest BCUT2D eigenvalue weighted by Gasteiger charge is 2.07. The van der Waals surface area contributed by atoms with E-state index in [9.17, 15) is 4.79 Å². The molecule has 128 valence electrons. The second-order valence-corrected chi connectivity index (χ2v) is 5.86. The molecule has 1 aromatic carbocycles. The van der Waals surface area contributed by atoms with Gasteiger partial charge in [-0.15, -0.1) is 0 Å². The monoisotopic (exact) mass is 421 g/mol. The first-order chi connectivity index (χ1) is 12.0. The van der Waals surface area contributed by atoms with Crippen molar-refractivity contribution in [1.29, 1.82) is 5.26 Å². The molecular weight excluding hydrogens is 410 g/mol. The molecule has 0 unspecified atom stereocenters. The molecule has 0 aliphatic rings. The fourth-order valence-electron chi connectivity index (χ4n) is 1.87. The number of halogens is 2. The van der Waals surface area contributed by atoms with Gasteiger partial charge in [0.25, 0.3) is 0 Å². The first kappa shape index (κ1) is 18.8. The van der Waals surface area contributed by atoms with Crippen LogP contribution in [-0.4, -0.2) is 24.6 Å². The number of nitrogens with one attached hydrogen (secondary N) is 1. The van der Waals surface area contributed by atoms with Crippen LogP contribution in [0.5, 0.6) is 11.5 Å². The van der Waals surface area contributed by atoms with E-state index in [0.717, 1.165) is 5.56 Å². The number of amides is 1. The van der Waals surface area contributed by atoms with Crippen molar-refractivity contribution in [3.63, 3.8) is 0 Å². The van der Waals surface area contributed by atoms with Crippen LogP contribution in [0.2, 0.25) is 5.02 Å². The quantitative estimate of drug-likeness (QED) is 0.560. The molecular formula is C17H13BrClN3O3. The summed E-state index contributed by atoms with van der Waals surface area (Å²) in [6.07, 6.45) is 4.47. The minimum Gasteiger partial charge on any atom is -0.493 e. The lowest BCUT2D eigenvalue weighted by atomic mass is 10.2. The summed E-state index contributed by atoms with van der Waals surface area (Å²) < 4.78 is 10.9. The Morgan fingerprint density at radius 3 is 2.96 bits per heavy atom. The van der Waals surface area contributed by atoms with E-state index in [2.05, 4.69) is 26.2 Å². The number of benzene rings is 1. The van der Waals surface area contributed by atoms with E-state index in [0.29, 0.717) is 26.8 Å². The lowest BCUT2D eigenvalue weighted by Crippen LogP contribution is -2.08. The zero-order valence-corrected chi connectivity index (χ0v) is 15.5. The average Bonchev–Trinajstić information content (AvgIpc) is 2.61. The molecule has 0 aliphatic carbocycles. The van der Waals surface area contributed by atoms with Crippen LogP contribution in [0.1, 0.15) is 5.56 Å². The number of ether oxygens (including phenoxy) is 2. The summed E-state index contributed by atoms with van der Waals surface area (Å²) in [5.74, 6) is 0.590. The van der Waals surface area contributed by atoms with Gasteiger partial charge in [0.1, 0.15) is 10.7 Å². The lowest BCUT2D eigenvalue weighted by molar-refractivity contribution is -0.111. The van der Waals surface area contributed by atoms with E-state index < -0.39 is 0 Å². The van der Waals surface area contributed by atoms with Crippen molar-refractivity contribution < 1.29 is 14.3 Å². The zero-order valence-electron chi connectivity index (χ0n) is 13.1. The van der Waals surface area contributed by atoms with Gasteiger partial charge in [0, 0.05) is 12.3 Å². The van der Waals surface area contributed by atoms with E-state index in [-0.39, 0.29) is 12.5 Å². The van der Waals surface area contributed by atoms with E-state index in [4.69, 9.17) is 26.3 Å². The van der Waals surface area contributed by atoms with Gasteiger partial charge in [0.2, 0.25) is 5.91 Å². The van der Waals surface area contributed by atoms with E-state index in [1.54, 1.807) is 30.3 Å². The van der Waals surface area contributed by atoms with Gasteiger partial charge in [0.15, 0.2) is 18.1 Å². The molecule has 1 aromatic heterocycles. The Kier molecular flexibility index (Phi) is 6.81. The number of pyridine rings is 1. The van der Waals surface area contributed by atoms with Gasteiger partial charge >= 0.3 is 0 Å². The molecule has 8 heteroatoms. The van der Waals surface area contributed by atoms with Crippen LogP contribution in [0.15, 0.2) is 41.1 Å². The minimum atomic E-state index is -0.339. The summed E-state index contributed by atoms with van der Waals surface area (Å²) >= 11 is 9.10. The second-order valence-electron chi connectivity index (χ2n) is 4.67. The number of carbonyl (C=O) groups is 1. The van der Waals surface area contributed by atoms with Crippen LogP contribution in [0.3, 0.4) is 0 Å². The topological polar surface area (TPSA) is 84.2 Å². The molecule has 0 saturated heterocycles. The van der Waals surface area contributed by atoms with Crippen molar-refractivity contribution in [1.82, 2.24) is 4.98 Å². The largest absolute Gasteiger partial charge is 0.493 e. The van der Waals surface area contributed by atoms with E-state index in [1.807, 2.05) is 6.07 Å². The molecule has 1 amide bonds. The second kappa shape index (κ2) is 9.06. The van der Waals surface area contributed by atoms with Crippen LogP contribution >= 0.6 is 27.5 Å². The number of hydrogen-bond donors (Lipinski definition) is 1. The Bertz CT molecular complexity index is 850. The Morgan fingerprint density at radius 2 is 2.24 bits per heavy atom. The molecule has 0 aliphatic heterocycles. The molecule has 0 fully saturated rings. The van der Waals surface area contributed by atoms with Crippen LogP contribution < -0.4 is 14.8 Å². The summed E-state index contributed by atoms with van der Waals surface area (Å²) in [5, 5.41) is 11.7. The molecule has 0 bridgehead atoms. The number of rotatable bonds is 6. The van der Waals surface area contributed by atoms with Crippen molar-refractivity contribution in [2.24, 2.45) is 0 Å². The summed E-state index contributed by atoms with van der Waals surface area (Å²) in [6, 6.07) is 8.60. The van der Waals surface area contributed by atoms with Gasteiger partial charge in [-0.05, 0) is 45.8 Å². The minimum absolute atomic E-state index is 0.0729. The van der Waals surface area contributed by atoms with E-state index in [1.165, 1.54) is 19.4 Å². The number of carbonyl (C=O) groups excluding carboxylic acids is 1. The third-order valence-corrected chi connectivity index (χ3v) is 3.81. The Labute approximate surface area is 158 Å². The highest BCUT2D eigenvalue weighted by Crippen LogP contribution is 2.28. The molecule has 25 heavy (non-hydrogen) atoms. The van der Waals surface area contributed by atoms with Gasteiger partial charge < -0.3 is 14.8 Å². The Morgan fingerprint density at radius 1 is 1.44 bits per heavy atom. The fraction of sp³-hybridized carbons (Fsp3) is 0.118. The van der Waals surface area contributed by atoms with Gasteiger partial charge in [-0.3, -0.25) is 4.79 Å². The van der Waals surface area contributed by atoms with Gasteiger partial charge in [0.05, 0.1) is 17.8 Å². The number of aromatic nitrogens is 1. The lowest BCUT2D eigenvalue weighted by Gasteiger charge is -2.09. The number of methoxy groups -OCH3 is 1. The average molecular weight is 423 g/mol. The van der Waals surface area contributed by atoms with Crippen molar-refractivity contribution in [2.75, 3.05) is 19.0 Å². The third kappa shape index (κ3) is 5.48. The van der Waals surface area contributed by atoms with Crippen LogP contribution in [0.4, 0.5) is 5.69 Å². The summed E-state index contributed by atoms with van der Waals surface area (Å²) in [5.41, 5.74) is 1.21. The number of nitrogens with zero attached hydrogens (tertiary/aromatic N) is 2. The molecule has 6 nitrogen and oxygen atoms in total. The van der Waals surface area contributed by atoms with Crippen molar-refractivity contribution in [3.8, 4) is 17.6 Å². The number of anilines is 1. The maximum Gasteiger partial charge on any atom is 0.248 e. The summed E-state index contributed by atoms with van der Waals surface area (Å²) in [7, 11) is 1.50. The van der Waals surface area contributed by atoms with Crippen LogP contribution in [0.25, 0.3) is 6.08 Å². The third-order valence-electron chi connectivity index (χ3n) is 2.97. The molecule has 0 radical (unpaired) electrons. The van der Waals surface area contributed by atoms with Gasteiger partial charge in [-0.1, -0.05) is 17.7 Å². The predicted octanol–water partition coefficient (Wildman–Crippen LogP) is 4.06. The van der Waals surface area contributed by atoms with Crippen molar-refractivity contribution >= 4 is 45.2 Å². The zero-order chi connectivity index (χ0) is 18.2. The van der Waals surface area contributed by atoms with Gasteiger partial charge in [-0.25, -0.2) is 4.98 Å². The van der Waals surface area contributed by atoms with Crippen LogP contribution in [0, 0.1) is 11.3 Å². The van der Waals surface area contributed by atoms with Crippen molar-refractivity contribution in [2.45, 2.75) is 0 Å². The molecule has 1 N–H and O–H groups in total. The summed E-state index contributed by atoms with van der Waals surface area (Å²) in [4.78, 5) is 16.0. The molecule has 0 saturated carbocycles. The first-order valence-corrected chi connectivity index (χ1v) is 8.18.